The summed E-state index contributed by atoms with van der Waals surface area (Å²) < 4.78 is 6.76. The summed E-state index contributed by atoms with van der Waals surface area (Å²) in [5.74, 6) is 1.49. The normalized spacial score (nSPS) is 10.4. The van der Waals surface area contributed by atoms with Gasteiger partial charge in [0.25, 0.3) is 0 Å². The van der Waals surface area contributed by atoms with Gasteiger partial charge in [0.15, 0.2) is 0 Å². The summed E-state index contributed by atoms with van der Waals surface area (Å²) in [4.78, 5) is 17.3. The molecular weight excluding hydrogens is 336 g/mol. The van der Waals surface area contributed by atoms with Crippen molar-refractivity contribution in [3.05, 3.63) is 61.2 Å². The fraction of sp³-hybridized carbons (Fsp3) is 0.167. The Labute approximate surface area is 150 Å². The molecule has 0 saturated heterocycles. The first-order chi connectivity index (χ1) is 12.3. The Kier molecular flexibility index (Phi) is 5.69. The molecule has 1 N–H and O–H groups in total. The number of nitrogens with one attached hydrogen (secondary N) is 1. The molecule has 7 heteroatoms. The molecule has 25 heavy (non-hydrogen) atoms. The fourth-order valence-electron chi connectivity index (χ4n) is 2.26. The van der Waals surface area contributed by atoms with E-state index in [-0.39, 0.29) is 5.91 Å². The maximum absolute atomic E-state index is 12.2. The van der Waals surface area contributed by atoms with E-state index in [9.17, 15) is 4.79 Å². The first-order valence-corrected chi connectivity index (χ1v) is 8.75. The zero-order valence-corrected chi connectivity index (χ0v) is 14.6. The summed E-state index contributed by atoms with van der Waals surface area (Å²) in [5.41, 5.74) is 1.50. The first kappa shape index (κ1) is 17.0. The maximum Gasteiger partial charge on any atom is 0.225 e. The molecule has 6 nitrogen and oxygen atoms in total. The summed E-state index contributed by atoms with van der Waals surface area (Å²) in [6.07, 6.45) is 3.48. The molecular formula is C18H18N4O2S. The van der Waals surface area contributed by atoms with Gasteiger partial charge >= 0.3 is 0 Å². The fourth-order valence-corrected chi connectivity index (χ4v) is 3.11. The molecule has 0 fully saturated rings. The predicted octanol–water partition coefficient (Wildman–Crippen LogP) is 3.40. The van der Waals surface area contributed by atoms with E-state index in [0.717, 1.165) is 16.3 Å². The number of hydrogen-bond acceptors (Lipinski definition) is 5. The summed E-state index contributed by atoms with van der Waals surface area (Å²) in [6.45, 7) is 0. The van der Waals surface area contributed by atoms with Gasteiger partial charge in [-0.2, -0.15) is 5.10 Å². The van der Waals surface area contributed by atoms with Crippen LogP contribution >= 0.6 is 11.8 Å². The number of methoxy groups -OCH3 is 1. The minimum absolute atomic E-state index is 0.0337. The zero-order valence-electron chi connectivity index (χ0n) is 13.8. The second-order valence-electron chi connectivity index (χ2n) is 5.18. The Morgan fingerprint density at radius 3 is 2.72 bits per heavy atom. The lowest BCUT2D eigenvalue weighted by Crippen LogP contribution is -2.14. The Morgan fingerprint density at radius 2 is 2.00 bits per heavy atom. The number of hydrogen-bond donors (Lipinski definition) is 1. The van der Waals surface area contributed by atoms with Crippen molar-refractivity contribution < 1.29 is 9.53 Å². The highest BCUT2D eigenvalue weighted by Gasteiger charge is 2.08. The van der Waals surface area contributed by atoms with Crippen LogP contribution in [0.2, 0.25) is 0 Å². The van der Waals surface area contributed by atoms with E-state index in [1.54, 1.807) is 29.9 Å². The van der Waals surface area contributed by atoms with Crippen LogP contribution in [-0.2, 0) is 4.79 Å². The largest absolute Gasteiger partial charge is 0.497 e. The lowest BCUT2D eigenvalue weighted by Gasteiger charge is -2.10. The standard InChI is InChI=1S/C18H18N4O2S/c1-24-14-6-8-15(9-7-14)25-11-10-18(23)21-16-4-2-3-5-17(16)22-13-19-12-20-22/h2-9,12-13H,10-11H2,1H3,(H,21,23). The zero-order chi connectivity index (χ0) is 17.5. The highest BCUT2D eigenvalue weighted by Crippen LogP contribution is 2.23. The molecule has 128 valence electrons. The maximum atomic E-state index is 12.2. The highest BCUT2D eigenvalue weighted by atomic mass is 32.2. The van der Waals surface area contributed by atoms with Gasteiger partial charge in [-0.25, -0.2) is 9.67 Å². The molecule has 0 aliphatic heterocycles. The molecule has 0 bridgehead atoms. The van der Waals surface area contributed by atoms with Crippen LogP contribution < -0.4 is 10.1 Å². The van der Waals surface area contributed by atoms with Crippen LogP contribution in [0.3, 0.4) is 0 Å². The third-order valence-electron chi connectivity index (χ3n) is 3.50. The number of ether oxygens (including phenoxy) is 1. The third kappa shape index (κ3) is 4.60. The van der Waals surface area contributed by atoms with Crippen LogP contribution in [0.5, 0.6) is 5.75 Å². The van der Waals surface area contributed by atoms with Crippen molar-refractivity contribution in [2.24, 2.45) is 0 Å². The van der Waals surface area contributed by atoms with Gasteiger partial charge in [0.1, 0.15) is 18.4 Å². The van der Waals surface area contributed by atoms with Crippen LogP contribution in [0.4, 0.5) is 5.69 Å². The summed E-state index contributed by atoms with van der Waals surface area (Å²) in [7, 11) is 1.64. The van der Waals surface area contributed by atoms with Gasteiger partial charge in [0, 0.05) is 17.1 Å². The molecule has 0 spiro atoms. The molecule has 0 aliphatic rings. The number of anilines is 1. The molecule has 0 atom stereocenters. The van der Waals surface area contributed by atoms with Crippen LogP contribution in [-0.4, -0.2) is 33.5 Å². The first-order valence-electron chi connectivity index (χ1n) is 7.77. The van der Waals surface area contributed by atoms with E-state index in [4.69, 9.17) is 4.74 Å². The number of para-hydroxylation sites is 2. The molecule has 0 saturated carbocycles. The van der Waals surface area contributed by atoms with Crippen molar-refractivity contribution >= 4 is 23.4 Å². The topological polar surface area (TPSA) is 69.0 Å². The minimum atomic E-state index is -0.0337. The van der Waals surface area contributed by atoms with Gasteiger partial charge in [-0.05, 0) is 36.4 Å². The van der Waals surface area contributed by atoms with Crippen LogP contribution in [0.1, 0.15) is 6.42 Å². The van der Waals surface area contributed by atoms with Crippen molar-refractivity contribution in [3.8, 4) is 11.4 Å². The van der Waals surface area contributed by atoms with Gasteiger partial charge in [-0.15, -0.1) is 11.8 Å². The lowest BCUT2D eigenvalue weighted by atomic mass is 10.2. The van der Waals surface area contributed by atoms with Gasteiger partial charge in [-0.3, -0.25) is 4.79 Å². The molecule has 2 aromatic carbocycles. The van der Waals surface area contributed by atoms with E-state index >= 15 is 0 Å². The third-order valence-corrected chi connectivity index (χ3v) is 4.51. The number of carbonyl (C=O) groups excluding carboxylic acids is 1. The average molecular weight is 354 g/mol. The number of thioether (sulfide) groups is 1. The van der Waals surface area contributed by atoms with Crippen molar-refractivity contribution in [1.29, 1.82) is 0 Å². The Balaban J connectivity index is 1.54. The summed E-state index contributed by atoms with van der Waals surface area (Å²) in [6, 6.07) is 15.3. The predicted molar refractivity (Wildman–Crippen MR) is 98.3 cm³/mol. The Hall–Kier alpha value is -2.80. The van der Waals surface area contributed by atoms with E-state index < -0.39 is 0 Å². The smallest absolute Gasteiger partial charge is 0.225 e. The average Bonchev–Trinajstić information content (AvgIpc) is 3.17. The molecule has 1 aromatic heterocycles. The van der Waals surface area contributed by atoms with Gasteiger partial charge < -0.3 is 10.1 Å². The van der Waals surface area contributed by atoms with Crippen molar-refractivity contribution in [3.63, 3.8) is 0 Å². The number of aromatic nitrogens is 3. The molecule has 1 heterocycles. The number of benzene rings is 2. The molecule has 3 rings (SSSR count). The quantitative estimate of drug-likeness (QED) is 0.659. The Morgan fingerprint density at radius 1 is 1.20 bits per heavy atom. The van der Waals surface area contributed by atoms with Gasteiger partial charge in [0.05, 0.1) is 18.5 Å². The minimum Gasteiger partial charge on any atom is -0.497 e. The SMILES string of the molecule is COc1ccc(SCCC(=O)Nc2ccccc2-n2cncn2)cc1. The van der Waals surface area contributed by atoms with E-state index in [1.807, 2.05) is 48.5 Å². The molecule has 1 amide bonds. The van der Waals surface area contributed by atoms with Crippen LogP contribution in [0.25, 0.3) is 5.69 Å². The lowest BCUT2D eigenvalue weighted by molar-refractivity contribution is -0.115. The van der Waals surface area contributed by atoms with Crippen LogP contribution in [0, 0.1) is 0 Å². The van der Waals surface area contributed by atoms with E-state index in [1.165, 1.54) is 6.33 Å². The monoisotopic (exact) mass is 354 g/mol. The highest BCUT2D eigenvalue weighted by molar-refractivity contribution is 7.99. The Bertz CT molecular complexity index is 819. The van der Waals surface area contributed by atoms with Gasteiger partial charge in [-0.1, -0.05) is 12.1 Å². The van der Waals surface area contributed by atoms with Crippen molar-refractivity contribution in [1.82, 2.24) is 14.8 Å². The number of rotatable bonds is 7. The van der Waals surface area contributed by atoms with Crippen molar-refractivity contribution in [2.75, 3.05) is 18.2 Å². The summed E-state index contributed by atoms with van der Waals surface area (Å²) >= 11 is 1.64. The van der Waals surface area contributed by atoms with Gasteiger partial charge in [0.2, 0.25) is 5.91 Å². The van der Waals surface area contributed by atoms with Crippen molar-refractivity contribution in [2.45, 2.75) is 11.3 Å². The molecule has 0 radical (unpaired) electrons. The summed E-state index contributed by atoms with van der Waals surface area (Å²) in [5, 5.41) is 7.05. The number of amides is 1. The van der Waals surface area contributed by atoms with Crippen LogP contribution in [0.15, 0.2) is 66.1 Å². The molecule has 3 aromatic rings. The van der Waals surface area contributed by atoms with E-state index in [0.29, 0.717) is 17.9 Å². The van der Waals surface area contributed by atoms with E-state index in [2.05, 4.69) is 15.4 Å². The second-order valence-corrected chi connectivity index (χ2v) is 6.35. The number of nitrogens with zero attached hydrogens (tertiary/aromatic N) is 3. The number of carbonyl (C=O) groups is 1. The molecule has 0 unspecified atom stereocenters. The second kappa shape index (κ2) is 8.34. The molecule has 0 aliphatic carbocycles.